The second-order valence-corrected chi connectivity index (χ2v) is 5.06. The maximum absolute atomic E-state index is 12.6. The monoisotopic (exact) mass is 288 g/mol. The average molecular weight is 288 g/mol. The van der Waals surface area contributed by atoms with Crippen LogP contribution in [0.5, 0.6) is 0 Å². The molecule has 5 nitrogen and oxygen atoms in total. The number of methoxy groups -OCH3 is 1. The van der Waals surface area contributed by atoms with Crippen molar-refractivity contribution >= 4 is 11.9 Å². The van der Waals surface area contributed by atoms with Gasteiger partial charge < -0.3 is 15.0 Å². The number of carbonyl (C=O) groups excluding carboxylic acids is 2. The quantitative estimate of drug-likeness (QED) is 0.651. The van der Waals surface area contributed by atoms with Crippen molar-refractivity contribution in [2.24, 2.45) is 0 Å². The fraction of sp³-hybridized carbons (Fsp3) is 0.375. The number of amides is 1. The molecular formula is C16H20N2O3. The molecule has 5 heteroatoms. The van der Waals surface area contributed by atoms with E-state index in [0.29, 0.717) is 12.1 Å². The minimum absolute atomic E-state index is 0.0394. The third-order valence-corrected chi connectivity index (χ3v) is 3.58. The summed E-state index contributed by atoms with van der Waals surface area (Å²) in [7, 11) is 1.33. The number of nitrogens with zero attached hydrogens (tertiary/aromatic N) is 1. The lowest BCUT2D eigenvalue weighted by Gasteiger charge is -2.26. The highest BCUT2D eigenvalue weighted by atomic mass is 16.5. The smallest absolute Gasteiger partial charge is 0.325 e. The van der Waals surface area contributed by atoms with Crippen molar-refractivity contribution in [1.29, 1.82) is 0 Å². The lowest BCUT2D eigenvalue weighted by atomic mass is 10.0. The van der Waals surface area contributed by atoms with E-state index in [2.05, 4.69) is 10.1 Å². The molecular weight excluding hydrogens is 268 g/mol. The van der Waals surface area contributed by atoms with Gasteiger partial charge in [-0.3, -0.25) is 9.59 Å². The van der Waals surface area contributed by atoms with Crippen LogP contribution in [0, 0.1) is 0 Å². The predicted molar refractivity (Wildman–Crippen MR) is 79.4 cm³/mol. The molecule has 0 atom stereocenters. The molecule has 1 aromatic carbocycles. The van der Waals surface area contributed by atoms with E-state index in [1.54, 1.807) is 0 Å². The number of hydrogen-bond acceptors (Lipinski definition) is 4. The lowest BCUT2D eigenvalue weighted by molar-refractivity contribution is -0.146. The number of hydrogen-bond donors (Lipinski definition) is 1. The second kappa shape index (κ2) is 7.04. The summed E-state index contributed by atoms with van der Waals surface area (Å²) in [6, 6.07) is 9.62. The van der Waals surface area contributed by atoms with Gasteiger partial charge in [0.25, 0.3) is 0 Å². The summed E-state index contributed by atoms with van der Waals surface area (Å²) < 4.78 is 4.69. The molecule has 1 aliphatic heterocycles. The van der Waals surface area contributed by atoms with Gasteiger partial charge in [0.15, 0.2) is 0 Å². The first-order valence-corrected chi connectivity index (χ1v) is 6.91. The van der Waals surface area contributed by atoms with Crippen LogP contribution < -0.4 is 5.32 Å². The molecule has 1 aromatic rings. The van der Waals surface area contributed by atoms with Crippen LogP contribution in [-0.2, 0) is 20.9 Å². The van der Waals surface area contributed by atoms with Crippen LogP contribution >= 0.6 is 0 Å². The van der Waals surface area contributed by atoms with Crippen LogP contribution in [0.1, 0.15) is 12.5 Å². The highest BCUT2D eigenvalue weighted by Crippen LogP contribution is 2.14. The minimum Gasteiger partial charge on any atom is -0.468 e. The van der Waals surface area contributed by atoms with Crippen LogP contribution in [0.2, 0.25) is 0 Å². The number of carbonyl (C=O) groups is 2. The molecule has 0 radical (unpaired) electrons. The fourth-order valence-electron chi connectivity index (χ4n) is 2.13. The summed E-state index contributed by atoms with van der Waals surface area (Å²) in [5, 5.41) is 3.12. The van der Waals surface area contributed by atoms with Crippen LogP contribution in [0.4, 0.5) is 0 Å². The van der Waals surface area contributed by atoms with Crippen LogP contribution in [-0.4, -0.2) is 43.5 Å². The summed E-state index contributed by atoms with van der Waals surface area (Å²) in [4.78, 5) is 25.6. The SMILES string of the molecule is COC(=O)CN(Cc1ccccc1)C(=O)C(C)=C1CNC1. The third kappa shape index (κ3) is 3.92. The molecule has 1 N–H and O–H groups in total. The molecule has 0 bridgehead atoms. The van der Waals surface area contributed by atoms with Crippen molar-refractivity contribution in [3.8, 4) is 0 Å². The van der Waals surface area contributed by atoms with E-state index >= 15 is 0 Å². The topological polar surface area (TPSA) is 58.6 Å². The number of rotatable bonds is 5. The maximum Gasteiger partial charge on any atom is 0.325 e. The number of esters is 1. The van der Waals surface area contributed by atoms with Crippen molar-refractivity contribution in [3.05, 3.63) is 47.0 Å². The van der Waals surface area contributed by atoms with Gasteiger partial charge in [-0.05, 0) is 18.1 Å². The standard InChI is InChI=1S/C16H20N2O3/c1-12(14-8-17-9-14)16(20)18(11-15(19)21-2)10-13-6-4-3-5-7-13/h3-7,17H,8-11H2,1-2H3. The third-order valence-electron chi connectivity index (χ3n) is 3.58. The molecule has 1 fully saturated rings. The van der Waals surface area contributed by atoms with Gasteiger partial charge in [-0.15, -0.1) is 0 Å². The highest BCUT2D eigenvalue weighted by Gasteiger charge is 2.23. The van der Waals surface area contributed by atoms with E-state index in [0.717, 1.165) is 24.2 Å². The summed E-state index contributed by atoms with van der Waals surface area (Å²) in [6.07, 6.45) is 0. The fourth-order valence-corrected chi connectivity index (χ4v) is 2.13. The van der Waals surface area contributed by atoms with E-state index < -0.39 is 5.97 Å². The second-order valence-electron chi connectivity index (χ2n) is 5.06. The van der Waals surface area contributed by atoms with Gasteiger partial charge in [0.05, 0.1) is 7.11 Å². The summed E-state index contributed by atoms with van der Waals surface area (Å²) in [5.41, 5.74) is 2.80. The molecule has 1 amide bonds. The van der Waals surface area contributed by atoms with Crippen LogP contribution in [0.25, 0.3) is 0 Å². The Labute approximate surface area is 124 Å². The van der Waals surface area contributed by atoms with E-state index in [-0.39, 0.29) is 12.5 Å². The Morgan fingerprint density at radius 1 is 1.24 bits per heavy atom. The lowest BCUT2D eigenvalue weighted by Crippen LogP contribution is -2.40. The average Bonchev–Trinajstić information content (AvgIpc) is 2.44. The molecule has 0 aromatic heterocycles. The first kappa shape index (κ1) is 15.3. The van der Waals surface area contributed by atoms with Gasteiger partial charge in [-0.2, -0.15) is 0 Å². The van der Waals surface area contributed by atoms with Gasteiger partial charge in [-0.25, -0.2) is 0 Å². The number of ether oxygens (including phenoxy) is 1. The van der Waals surface area contributed by atoms with E-state index in [9.17, 15) is 9.59 Å². The zero-order chi connectivity index (χ0) is 15.2. The molecule has 0 unspecified atom stereocenters. The van der Waals surface area contributed by atoms with Crippen molar-refractivity contribution in [2.75, 3.05) is 26.7 Å². The van der Waals surface area contributed by atoms with Crippen molar-refractivity contribution < 1.29 is 14.3 Å². The van der Waals surface area contributed by atoms with E-state index in [1.165, 1.54) is 12.0 Å². The van der Waals surface area contributed by atoms with Crippen LogP contribution in [0.15, 0.2) is 41.5 Å². The summed E-state index contributed by atoms with van der Waals surface area (Å²) >= 11 is 0. The van der Waals surface area contributed by atoms with Crippen LogP contribution in [0.3, 0.4) is 0 Å². The first-order chi connectivity index (χ1) is 10.1. The normalized spacial score (nSPS) is 13.3. The molecule has 1 saturated heterocycles. The Hall–Kier alpha value is -2.14. The first-order valence-electron chi connectivity index (χ1n) is 6.91. The molecule has 2 rings (SSSR count). The maximum atomic E-state index is 12.6. The summed E-state index contributed by atoms with van der Waals surface area (Å²) in [6.45, 7) is 3.66. The predicted octanol–water partition coefficient (Wildman–Crippen LogP) is 1.11. The minimum atomic E-state index is -0.413. The number of nitrogens with one attached hydrogen (secondary N) is 1. The Morgan fingerprint density at radius 3 is 2.43 bits per heavy atom. The Balaban J connectivity index is 2.15. The molecule has 1 heterocycles. The van der Waals surface area contributed by atoms with Gasteiger partial charge in [-0.1, -0.05) is 30.3 Å². The van der Waals surface area contributed by atoms with E-state index in [4.69, 9.17) is 0 Å². The van der Waals surface area contributed by atoms with Gasteiger partial charge in [0.1, 0.15) is 6.54 Å². The molecule has 1 aliphatic rings. The zero-order valence-corrected chi connectivity index (χ0v) is 12.4. The Bertz CT molecular complexity index is 546. The summed E-state index contributed by atoms with van der Waals surface area (Å²) in [5.74, 6) is -0.524. The van der Waals surface area contributed by atoms with Gasteiger partial charge in [0.2, 0.25) is 5.91 Å². The van der Waals surface area contributed by atoms with E-state index in [1.807, 2.05) is 37.3 Å². The van der Waals surface area contributed by atoms with Gasteiger partial charge in [0, 0.05) is 25.2 Å². The molecule has 0 saturated carbocycles. The molecule has 112 valence electrons. The molecule has 0 aliphatic carbocycles. The number of benzene rings is 1. The van der Waals surface area contributed by atoms with Crippen molar-refractivity contribution in [1.82, 2.24) is 10.2 Å². The zero-order valence-electron chi connectivity index (χ0n) is 12.4. The molecule has 21 heavy (non-hydrogen) atoms. The molecule has 0 spiro atoms. The largest absolute Gasteiger partial charge is 0.468 e. The van der Waals surface area contributed by atoms with Crippen molar-refractivity contribution in [2.45, 2.75) is 13.5 Å². The van der Waals surface area contributed by atoms with Crippen molar-refractivity contribution in [3.63, 3.8) is 0 Å². The highest BCUT2D eigenvalue weighted by molar-refractivity contribution is 5.95. The Kier molecular flexibility index (Phi) is 5.11. The Morgan fingerprint density at radius 2 is 1.90 bits per heavy atom. The van der Waals surface area contributed by atoms with Gasteiger partial charge >= 0.3 is 5.97 Å².